The Labute approximate surface area is 137 Å². The molecule has 0 radical (unpaired) electrons. The number of amides is 1. The van der Waals surface area contributed by atoms with Crippen LogP contribution in [0.5, 0.6) is 5.75 Å². The molecule has 120 valence electrons. The molecule has 0 aliphatic rings. The van der Waals surface area contributed by atoms with Crippen molar-refractivity contribution in [3.63, 3.8) is 0 Å². The number of thioether (sulfide) groups is 1. The van der Waals surface area contributed by atoms with Gasteiger partial charge in [0.25, 0.3) is 0 Å². The van der Waals surface area contributed by atoms with E-state index in [-0.39, 0.29) is 17.2 Å². The van der Waals surface area contributed by atoms with Gasteiger partial charge in [-0.2, -0.15) is 0 Å². The van der Waals surface area contributed by atoms with Gasteiger partial charge >= 0.3 is 5.97 Å². The summed E-state index contributed by atoms with van der Waals surface area (Å²) in [5.74, 6) is -0.567. The van der Waals surface area contributed by atoms with Crippen LogP contribution in [0.3, 0.4) is 0 Å². The lowest BCUT2D eigenvalue weighted by molar-refractivity contribution is -0.113. The van der Waals surface area contributed by atoms with Gasteiger partial charge in [-0.1, -0.05) is 17.8 Å². The first-order valence-corrected chi connectivity index (χ1v) is 7.92. The van der Waals surface area contributed by atoms with Gasteiger partial charge in [0, 0.05) is 18.0 Å². The number of ether oxygens (including phenoxy) is 1. The predicted molar refractivity (Wildman–Crippen MR) is 88.2 cm³/mol. The number of hydrogen-bond donors (Lipinski definition) is 2. The Kier molecular flexibility index (Phi) is 5.99. The minimum atomic E-state index is -1.06. The smallest absolute Gasteiger partial charge is 0.338 e. The highest BCUT2D eigenvalue weighted by Crippen LogP contribution is 2.21. The van der Waals surface area contributed by atoms with Crippen molar-refractivity contribution < 1.29 is 19.4 Å². The molecule has 2 rings (SSSR count). The summed E-state index contributed by atoms with van der Waals surface area (Å²) < 4.78 is 5.37. The number of nitrogens with zero attached hydrogens (tertiary/aromatic N) is 1. The van der Waals surface area contributed by atoms with Crippen molar-refractivity contribution in [2.75, 3.05) is 17.7 Å². The molecular weight excluding hydrogens is 316 g/mol. The molecule has 0 saturated heterocycles. The van der Waals surface area contributed by atoms with Gasteiger partial charge in [0.15, 0.2) is 0 Å². The zero-order valence-corrected chi connectivity index (χ0v) is 13.3. The van der Waals surface area contributed by atoms with Crippen molar-refractivity contribution >= 4 is 29.3 Å². The fourth-order valence-electron chi connectivity index (χ4n) is 1.83. The van der Waals surface area contributed by atoms with Gasteiger partial charge in [-0.15, -0.1) is 0 Å². The molecule has 1 amide bonds. The van der Waals surface area contributed by atoms with E-state index < -0.39 is 5.97 Å². The zero-order valence-electron chi connectivity index (χ0n) is 12.5. The fraction of sp³-hybridized carbons (Fsp3) is 0.188. The van der Waals surface area contributed by atoms with Crippen LogP contribution in [0.1, 0.15) is 17.3 Å². The predicted octanol–water partition coefficient (Wildman–Crippen LogP) is 2.91. The normalized spacial score (nSPS) is 10.1. The molecule has 0 aliphatic carbocycles. The van der Waals surface area contributed by atoms with Crippen LogP contribution in [-0.4, -0.2) is 34.3 Å². The second-order valence-corrected chi connectivity index (χ2v) is 5.42. The molecule has 1 heterocycles. The standard InChI is InChI=1S/C16H16N2O4S/c1-2-22-12-6-3-5-11(9-12)18-14(19)10-23-15-13(16(20)21)7-4-8-17-15/h3-9H,2,10H2,1H3,(H,18,19)(H,20,21). The molecule has 23 heavy (non-hydrogen) atoms. The Morgan fingerprint density at radius 2 is 2.13 bits per heavy atom. The number of nitrogens with one attached hydrogen (secondary N) is 1. The molecule has 0 atom stereocenters. The number of carbonyl (C=O) groups is 2. The van der Waals surface area contributed by atoms with Gasteiger partial charge in [0.2, 0.25) is 5.91 Å². The van der Waals surface area contributed by atoms with Crippen LogP contribution in [-0.2, 0) is 4.79 Å². The van der Waals surface area contributed by atoms with Crippen molar-refractivity contribution in [2.24, 2.45) is 0 Å². The third-order valence-corrected chi connectivity index (χ3v) is 3.78. The number of aromatic carboxylic acids is 1. The number of anilines is 1. The largest absolute Gasteiger partial charge is 0.494 e. The lowest BCUT2D eigenvalue weighted by Crippen LogP contribution is -2.14. The SMILES string of the molecule is CCOc1cccc(NC(=O)CSc2ncccc2C(=O)O)c1. The van der Waals surface area contributed by atoms with E-state index in [1.54, 1.807) is 30.3 Å². The van der Waals surface area contributed by atoms with Crippen LogP contribution in [0.25, 0.3) is 0 Å². The van der Waals surface area contributed by atoms with E-state index >= 15 is 0 Å². The zero-order chi connectivity index (χ0) is 16.7. The maximum atomic E-state index is 12.0. The van der Waals surface area contributed by atoms with Crippen molar-refractivity contribution in [3.8, 4) is 5.75 Å². The van der Waals surface area contributed by atoms with Gasteiger partial charge in [0.1, 0.15) is 10.8 Å². The molecule has 0 unspecified atom stereocenters. The Bertz CT molecular complexity index is 706. The summed E-state index contributed by atoms with van der Waals surface area (Å²) in [4.78, 5) is 27.1. The van der Waals surface area contributed by atoms with Crippen LogP contribution >= 0.6 is 11.8 Å². The quantitative estimate of drug-likeness (QED) is 0.758. The van der Waals surface area contributed by atoms with Gasteiger partial charge in [0.05, 0.1) is 17.9 Å². The molecular formula is C16H16N2O4S. The lowest BCUT2D eigenvalue weighted by Gasteiger charge is -2.08. The topological polar surface area (TPSA) is 88.5 Å². The third-order valence-electron chi connectivity index (χ3n) is 2.77. The summed E-state index contributed by atoms with van der Waals surface area (Å²) in [5, 5.41) is 12.1. The molecule has 2 N–H and O–H groups in total. The molecule has 6 nitrogen and oxygen atoms in total. The molecule has 0 bridgehead atoms. The molecule has 1 aromatic carbocycles. The lowest BCUT2D eigenvalue weighted by atomic mass is 10.3. The average molecular weight is 332 g/mol. The first-order chi connectivity index (χ1) is 11.1. The number of pyridine rings is 1. The van der Waals surface area contributed by atoms with Gasteiger partial charge < -0.3 is 15.2 Å². The van der Waals surface area contributed by atoms with Gasteiger partial charge in [-0.05, 0) is 31.2 Å². The van der Waals surface area contributed by atoms with E-state index in [0.717, 1.165) is 11.8 Å². The number of carboxylic acid groups (broad SMARTS) is 1. The Balaban J connectivity index is 1.95. The first-order valence-electron chi connectivity index (χ1n) is 6.94. The van der Waals surface area contributed by atoms with E-state index in [4.69, 9.17) is 9.84 Å². The molecule has 0 aliphatic heterocycles. The van der Waals surface area contributed by atoms with Crippen LogP contribution in [0.2, 0.25) is 0 Å². The fourth-order valence-corrected chi connectivity index (χ4v) is 2.62. The highest BCUT2D eigenvalue weighted by molar-refractivity contribution is 8.00. The van der Waals surface area contributed by atoms with Crippen molar-refractivity contribution in [3.05, 3.63) is 48.2 Å². The van der Waals surface area contributed by atoms with Crippen molar-refractivity contribution in [2.45, 2.75) is 11.9 Å². The molecule has 0 spiro atoms. The van der Waals surface area contributed by atoms with Crippen LogP contribution in [0, 0.1) is 0 Å². The summed E-state index contributed by atoms with van der Waals surface area (Å²) in [6, 6.07) is 10.1. The van der Waals surface area contributed by atoms with Crippen molar-refractivity contribution in [1.29, 1.82) is 0 Å². The third kappa shape index (κ3) is 5.00. The molecule has 0 saturated carbocycles. The monoisotopic (exact) mass is 332 g/mol. The van der Waals surface area contributed by atoms with Crippen molar-refractivity contribution in [1.82, 2.24) is 4.98 Å². The second-order valence-electron chi connectivity index (χ2n) is 4.46. The maximum Gasteiger partial charge on any atom is 0.338 e. The van der Waals surface area contributed by atoms with Crippen LogP contribution in [0.15, 0.2) is 47.6 Å². The van der Waals surface area contributed by atoms with Crippen LogP contribution in [0.4, 0.5) is 5.69 Å². The highest BCUT2D eigenvalue weighted by Gasteiger charge is 2.13. The van der Waals surface area contributed by atoms with E-state index in [1.165, 1.54) is 12.3 Å². The highest BCUT2D eigenvalue weighted by atomic mass is 32.2. The number of hydrogen-bond acceptors (Lipinski definition) is 5. The van der Waals surface area contributed by atoms with E-state index in [9.17, 15) is 9.59 Å². The van der Waals surface area contributed by atoms with E-state index in [1.807, 2.05) is 6.92 Å². The summed E-state index contributed by atoms with van der Waals surface area (Å²) in [6.07, 6.45) is 1.50. The molecule has 1 aromatic heterocycles. The summed E-state index contributed by atoms with van der Waals surface area (Å²) in [7, 11) is 0. The number of aromatic nitrogens is 1. The molecule has 2 aromatic rings. The maximum absolute atomic E-state index is 12.0. The first kappa shape index (κ1) is 16.8. The Hall–Kier alpha value is -2.54. The number of benzene rings is 1. The van der Waals surface area contributed by atoms with Gasteiger partial charge in [-0.3, -0.25) is 4.79 Å². The summed E-state index contributed by atoms with van der Waals surface area (Å²) >= 11 is 1.08. The summed E-state index contributed by atoms with van der Waals surface area (Å²) in [6.45, 7) is 2.43. The second kappa shape index (κ2) is 8.19. The van der Waals surface area contributed by atoms with Gasteiger partial charge in [-0.25, -0.2) is 9.78 Å². The Morgan fingerprint density at radius 3 is 2.87 bits per heavy atom. The number of carboxylic acids is 1. The van der Waals surface area contributed by atoms with E-state index in [0.29, 0.717) is 23.1 Å². The molecule has 7 heteroatoms. The minimum Gasteiger partial charge on any atom is -0.494 e. The average Bonchev–Trinajstić information content (AvgIpc) is 2.54. The number of rotatable bonds is 7. The Morgan fingerprint density at radius 1 is 1.30 bits per heavy atom. The van der Waals surface area contributed by atoms with Crippen LogP contribution < -0.4 is 10.1 Å². The minimum absolute atomic E-state index is 0.0656. The van der Waals surface area contributed by atoms with E-state index in [2.05, 4.69) is 10.3 Å². The summed E-state index contributed by atoms with van der Waals surface area (Å²) in [5.41, 5.74) is 0.713. The molecule has 0 fully saturated rings. The number of carbonyl (C=O) groups excluding carboxylic acids is 1.